The molecule has 0 saturated carbocycles. The number of hydrogen-bond donors (Lipinski definition) is 1. The minimum atomic E-state index is 0.596. The van der Waals surface area contributed by atoms with Crippen LogP contribution in [0, 0.1) is 0 Å². The summed E-state index contributed by atoms with van der Waals surface area (Å²) in [5, 5.41) is 3.79. The Morgan fingerprint density at radius 3 is 1.20 bits per heavy atom. The molecule has 0 heterocycles. The Kier molecular flexibility index (Phi) is 34.7. The SMILES string of the molecule is C=C(CN(C)C)NC(CCCCCCCC/C=C\C/C=C\CCCCC)CCCCCCCC/C=C\C/C=C\CCCCC. The zero-order chi connectivity index (χ0) is 32.2. The second kappa shape index (κ2) is 35.9. The van der Waals surface area contributed by atoms with Gasteiger partial charge in [-0.1, -0.05) is 159 Å². The highest BCUT2D eigenvalue weighted by atomic mass is 15.1. The molecule has 1 N–H and O–H groups in total. The van der Waals surface area contributed by atoms with Gasteiger partial charge in [0.1, 0.15) is 0 Å². The van der Waals surface area contributed by atoms with Crippen LogP contribution in [0.2, 0.25) is 0 Å². The molecule has 0 rings (SSSR count). The lowest BCUT2D eigenvalue weighted by Crippen LogP contribution is -2.32. The first-order chi connectivity index (χ1) is 21.6. The summed E-state index contributed by atoms with van der Waals surface area (Å²) in [6.45, 7) is 9.79. The maximum atomic E-state index is 4.31. The second-order valence-electron chi connectivity index (χ2n) is 13.4. The van der Waals surface area contributed by atoms with Gasteiger partial charge < -0.3 is 10.2 Å². The van der Waals surface area contributed by atoms with Crippen LogP contribution in [0.1, 0.15) is 181 Å². The minimum absolute atomic E-state index is 0.596. The maximum Gasteiger partial charge on any atom is 0.0369 e. The molecule has 0 saturated heterocycles. The summed E-state index contributed by atoms with van der Waals surface area (Å²) >= 11 is 0. The van der Waals surface area contributed by atoms with Crippen LogP contribution in [0.25, 0.3) is 0 Å². The molecule has 0 bridgehead atoms. The average Bonchev–Trinajstić information content (AvgIpc) is 3.00. The van der Waals surface area contributed by atoms with Gasteiger partial charge in [-0.05, 0) is 91.1 Å². The summed E-state index contributed by atoms with van der Waals surface area (Å²) in [5.74, 6) is 0. The zero-order valence-electron chi connectivity index (χ0n) is 30.4. The highest BCUT2D eigenvalue weighted by molar-refractivity contribution is 4.96. The van der Waals surface area contributed by atoms with Crippen molar-refractivity contribution >= 4 is 0 Å². The minimum Gasteiger partial charge on any atom is -0.385 e. The fourth-order valence-electron chi connectivity index (χ4n) is 5.76. The van der Waals surface area contributed by atoms with Crippen molar-refractivity contribution < 1.29 is 0 Å². The van der Waals surface area contributed by atoms with E-state index in [1.807, 2.05) is 0 Å². The van der Waals surface area contributed by atoms with Gasteiger partial charge in [0, 0.05) is 18.3 Å². The first-order valence-electron chi connectivity index (χ1n) is 19.3. The van der Waals surface area contributed by atoms with Crippen LogP contribution >= 0.6 is 0 Å². The highest BCUT2D eigenvalue weighted by Crippen LogP contribution is 2.16. The summed E-state index contributed by atoms with van der Waals surface area (Å²) in [6, 6.07) is 0.596. The summed E-state index contributed by atoms with van der Waals surface area (Å²) < 4.78 is 0. The maximum absolute atomic E-state index is 4.31. The van der Waals surface area contributed by atoms with Gasteiger partial charge in [-0.15, -0.1) is 0 Å². The summed E-state index contributed by atoms with van der Waals surface area (Å²) in [7, 11) is 4.26. The third-order valence-corrected chi connectivity index (χ3v) is 8.42. The van der Waals surface area contributed by atoms with Gasteiger partial charge in [-0.2, -0.15) is 0 Å². The van der Waals surface area contributed by atoms with Crippen molar-refractivity contribution in [1.29, 1.82) is 0 Å². The Hall–Kier alpha value is -1.54. The third kappa shape index (κ3) is 34.9. The van der Waals surface area contributed by atoms with Gasteiger partial charge in [0.25, 0.3) is 0 Å². The monoisotopic (exact) mass is 611 g/mol. The van der Waals surface area contributed by atoms with Crippen LogP contribution in [-0.2, 0) is 0 Å². The Labute approximate surface area is 278 Å². The standard InChI is InChI=1S/C42H78N2/c1-6-8-10-12-14-16-18-20-22-24-26-28-30-32-34-36-38-42(43-41(3)40-44(4)5)39-37-35-33-31-29-27-25-23-21-19-17-15-13-11-9-7-2/h14-17,20-23,42-43H,3,6-13,18-19,24-40H2,1-2,4-5H3/b16-14-,17-15-,22-20-,23-21-. The molecular formula is C42H78N2. The topological polar surface area (TPSA) is 15.3 Å². The number of nitrogens with zero attached hydrogens (tertiary/aromatic N) is 1. The predicted octanol–water partition coefficient (Wildman–Crippen LogP) is 13.4. The lowest BCUT2D eigenvalue weighted by atomic mass is 9.99. The van der Waals surface area contributed by atoms with Crippen molar-refractivity contribution in [2.45, 2.75) is 187 Å². The molecule has 0 atom stereocenters. The molecule has 0 aromatic rings. The molecule has 0 aliphatic heterocycles. The molecule has 0 radical (unpaired) electrons. The van der Waals surface area contributed by atoms with E-state index in [0.29, 0.717) is 6.04 Å². The van der Waals surface area contributed by atoms with Crippen molar-refractivity contribution in [1.82, 2.24) is 10.2 Å². The number of rotatable bonds is 34. The van der Waals surface area contributed by atoms with Crippen molar-refractivity contribution in [3.63, 3.8) is 0 Å². The van der Waals surface area contributed by atoms with E-state index in [0.717, 1.165) is 19.4 Å². The Balaban J connectivity index is 3.90. The fraction of sp³-hybridized carbons (Fsp3) is 0.762. The van der Waals surface area contributed by atoms with E-state index in [1.54, 1.807) is 0 Å². The molecule has 44 heavy (non-hydrogen) atoms. The normalized spacial score (nSPS) is 12.4. The molecular weight excluding hydrogens is 532 g/mol. The smallest absolute Gasteiger partial charge is 0.0369 e. The van der Waals surface area contributed by atoms with E-state index >= 15 is 0 Å². The van der Waals surface area contributed by atoms with E-state index < -0.39 is 0 Å². The number of likely N-dealkylation sites (N-methyl/N-ethyl adjacent to an activating group) is 1. The lowest BCUT2D eigenvalue weighted by molar-refractivity contribution is 0.395. The van der Waals surface area contributed by atoms with Crippen molar-refractivity contribution in [3.05, 3.63) is 60.9 Å². The fourth-order valence-corrected chi connectivity index (χ4v) is 5.76. The van der Waals surface area contributed by atoms with Gasteiger partial charge in [0.05, 0.1) is 0 Å². The molecule has 0 aliphatic rings. The van der Waals surface area contributed by atoms with E-state index in [4.69, 9.17) is 0 Å². The highest BCUT2D eigenvalue weighted by Gasteiger charge is 2.10. The van der Waals surface area contributed by atoms with Crippen molar-refractivity contribution in [2.24, 2.45) is 0 Å². The lowest BCUT2D eigenvalue weighted by Gasteiger charge is -2.23. The summed E-state index contributed by atoms with van der Waals surface area (Å²) in [6.07, 6.45) is 53.2. The van der Waals surface area contributed by atoms with Gasteiger partial charge in [0.15, 0.2) is 0 Å². The second-order valence-corrected chi connectivity index (χ2v) is 13.4. The van der Waals surface area contributed by atoms with Gasteiger partial charge in [-0.25, -0.2) is 0 Å². The zero-order valence-corrected chi connectivity index (χ0v) is 30.4. The Bertz CT molecular complexity index is 651. The van der Waals surface area contributed by atoms with Crippen LogP contribution in [0.3, 0.4) is 0 Å². The largest absolute Gasteiger partial charge is 0.385 e. The van der Waals surface area contributed by atoms with E-state index in [2.05, 4.69) is 93.3 Å². The van der Waals surface area contributed by atoms with Crippen LogP contribution < -0.4 is 5.32 Å². The van der Waals surface area contributed by atoms with Crippen molar-refractivity contribution in [2.75, 3.05) is 20.6 Å². The van der Waals surface area contributed by atoms with Gasteiger partial charge in [-0.3, -0.25) is 0 Å². The summed E-state index contributed by atoms with van der Waals surface area (Å²) in [4.78, 5) is 2.22. The van der Waals surface area contributed by atoms with E-state index in [1.165, 1.54) is 160 Å². The number of hydrogen-bond acceptors (Lipinski definition) is 2. The van der Waals surface area contributed by atoms with Crippen LogP contribution in [0.5, 0.6) is 0 Å². The molecule has 0 unspecified atom stereocenters. The third-order valence-electron chi connectivity index (χ3n) is 8.42. The van der Waals surface area contributed by atoms with Crippen molar-refractivity contribution in [3.8, 4) is 0 Å². The molecule has 0 aliphatic carbocycles. The first kappa shape index (κ1) is 42.5. The number of unbranched alkanes of at least 4 members (excludes halogenated alkanes) is 18. The molecule has 2 heteroatoms. The molecule has 0 aromatic carbocycles. The average molecular weight is 611 g/mol. The molecule has 0 spiro atoms. The van der Waals surface area contributed by atoms with E-state index in [-0.39, 0.29) is 0 Å². The molecule has 2 nitrogen and oxygen atoms in total. The van der Waals surface area contributed by atoms with Gasteiger partial charge >= 0.3 is 0 Å². The van der Waals surface area contributed by atoms with Crippen LogP contribution in [0.15, 0.2) is 60.9 Å². The van der Waals surface area contributed by atoms with Gasteiger partial charge in [0.2, 0.25) is 0 Å². The van der Waals surface area contributed by atoms with E-state index in [9.17, 15) is 0 Å². The number of nitrogens with one attached hydrogen (secondary N) is 1. The Morgan fingerprint density at radius 1 is 0.500 bits per heavy atom. The van der Waals surface area contributed by atoms with Crippen LogP contribution in [0.4, 0.5) is 0 Å². The summed E-state index contributed by atoms with van der Waals surface area (Å²) in [5.41, 5.74) is 1.18. The molecule has 0 fully saturated rings. The molecule has 0 amide bonds. The Morgan fingerprint density at radius 2 is 0.841 bits per heavy atom. The predicted molar refractivity (Wildman–Crippen MR) is 203 cm³/mol. The number of allylic oxidation sites excluding steroid dienone is 8. The first-order valence-corrected chi connectivity index (χ1v) is 19.3. The quantitative estimate of drug-likeness (QED) is 0.0576. The van der Waals surface area contributed by atoms with Crippen LogP contribution in [-0.4, -0.2) is 31.6 Å². The molecule has 0 aromatic heterocycles. The molecule has 256 valence electrons.